The molecule has 2 aromatic carbocycles. The van der Waals surface area contributed by atoms with Gasteiger partial charge in [0.05, 0.1) is 11.7 Å². The van der Waals surface area contributed by atoms with Gasteiger partial charge < -0.3 is 25.2 Å². The largest absolute Gasteiger partial charge is 0.480 e. The molecule has 8 nitrogen and oxygen atoms in total. The van der Waals surface area contributed by atoms with Crippen LogP contribution in [0.2, 0.25) is 0 Å². The standard InChI is InChI=1S/C27H34N2O6/c1-6-22(25(31)32)28-24(30)23(16(2)35-27(3,4)5)29-26(33)34-15-21-19-13-9-7-11-17(19)18-12-8-10-14-20(18)21/h7-14,16,21-23H,6,15H2,1-5H3,(H,28,30)(H,29,33)(H,31,32)/t16-,22-,23+/m1/s1. The molecule has 188 valence electrons. The Morgan fingerprint density at radius 2 is 1.51 bits per heavy atom. The summed E-state index contributed by atoms with van der Waals surface area (Å²) in [5, 5.41) is 14.4. The Labute approximate surface area is 206 Å². The first-order chi connectivity index (χ1) is 16.5. The van der Waals surface area contributed by atoms with E-state index in [-0.39, 0.29) is 18.9 Å². The van der Waals surface area contributed by atoms with Crippen LogP contribution in [0.15, 0.2) is 48.5 Å². The molecule has 0 radical (unpaired) electrons. The third-order valence-electron chi connectivity index (χ3n) is 5.93. The Kier molecular flexibility index (Phi) is 8.17. The first kappa shape index (κ1) is 26.2. The molecule has 0 aromatic heterocycles. The lowest BCUT2D eigenvalue weighted by Gasteiger charge is -2.31. The van der Waals surface area contributed by atoms with Crippen LogP contribution in [0, 0.1) is 0 Å². The highest BCUT2D eigenvalue weighted by Crippen LogP contribution is 2.44. The Morgan fingerprint density at radius 3 is 2.00 bits per heavy atom. The van der Waals surface area contributed by atoms with Crippen LogP contribution in [0.25, 0.3) is 11.1 Å². The summed E-state index contributed by atoms with van der Waals surface area (Å²) in [5.74, 6) is -1.92. The van der Waals surface area contributed by atoms with Crippen LogP contribution in [0.1, 0.15) is 58.1 Å². The summed E-state index contributed by atoms with van der Waals surface area (Å²) in [6.07, 6.45) is -1.31. The molecule has 0 saturated heterocycles. The molecule has 0 saturated carbocycles. The van der Waals surface area contributed by atoms with Crippen molar-refractivity contribution in [1.29, 1.82) is 0 Å². The number of fused-ring (bicyclic) bond motifs is 3. The highest BCUT2D eigenvalue weighted by molar-refractivity contribution is 5.89. The number of rotatable bonds is 9. The van der Waals surface area contributed by atoms with Gasteiger partial charge in [0.1, 0.15) is 18.7 Å². The van der Waals surface area contributed by atoms with Gasteiger partial charge in [0.15, 0.2) is 0 Å². The highest BCUT2D eigenvalue weighted by Gasteiger charge is 2.34. The van der Waals surface area contributed by atoms with Gasteiger partial charge in [-0.05, 0) is 56.4 Å². The number of benzene rings is 2. The topological polar surface area (TPSA) is 114 Å². The van der Waals surface area contributed by atoms with Gasteiger partial charge in [-0.15, -0.1) is 0 Å². The van der Waals surface area contributed by atoms with Crippen molar-refractivity contribution in [3.63, 3.8) is 0 Å². The van der Waals surface area contributed by atoms with E-state index in [4.69, 9.17) is 9.47 Å². The van der Waals surface area contributed by atoms with Crippen molar-refractivity contribution >= 4 is 18.0 Å². The molecule has 0 unspecified atom stereocenters. The average molecular weight is 483 g/mol. The molecule has 0 heterocycles. The number of amides is 2. The van der Waals surface area contributed by atoms with Crippen molar-refractivity contribution in [3.8, 4) is 11.1 Å². The van der Waals surface area contributed by atoms with E-state index in [1.165, 1.54) is 0 Å². The van der Waals surface area contributed by atoms with E-state index in [1.807, 2.05) is 69.3 Å². The van der Waals surface area contributed by atoms with E-state index in [0.717, 1.165) is 22.3 Å². The smallest absolute Gasteiger partial charge is 0.407 e. The number of hydrogen-bond acceptors (Lipinski definition) is 5. The molecule has 2 aromatic rings. The summed E-state index contributed by atoms with van der Waals surface area (Å²) in [6, 6.07) is 13.8. The minimum absolute atomic E-state index is 0.0927. The second kappa shape index (κ2) is 10.9. The molecule has 8 heteroatoms. The zero-order valence-electron chi connectivity index (χ0n) is 20.8. The molecular formula is C27H34N2O6. The molecule has 0 spiro atoms. The predicted octanol–water partition coefficient (Wildman–Crippen LogP) is 4.08. The Morgan fingerprint density at radius 1 is 0.971 bits per heavy atom. The highest BCUT2D eigenvalue weighted by atomic mass is 16.6. The Hall–Kier alpha value is -3.39. The lowest BCUT2D eigenvalue weighted by atomic mass is 9.98. The van der Waals surface area contributed by atoms with Gasteiger partial charge >= 0.3 is 12.1 Å². The van der Waals surface area contributed by atoms with Gasteiger partial charge in [0.2, 0.25) is 5.91 Å². The normalized spacial score (nSPS) is 15.3. The van der Waals surface area contributed by atoms with E-state index in [9.17, 15) is 19.5 Å². The number of carbonyl (C=O) groups is 3. The first-order valence-corrected chi connectivity index (χ1v) is 11.8. The fraction of sp³-hybridized carbons (Fsp3) is 0.444. The number of aliphatic carboxylic acids is 1. The third kappa shape index (κ3) is 6.39. The molecule has 0 bridgehead atoms. The van der Waals surface area contributed by atoms with Crippen LogP contribution in [0.4, 0.5) is 4.79 Å². The zero-order valence-corrected chi connectivity index (χ0v) is 20.8. The van der Waals surface area contributed by atoms with Crippen LogP contribution in [0.5, 0.6) is 0 Å². The van der Waals surface area contributed by atoms with Crippen molar-refractivity contribution in [3.05, 3.63) is 59.7 Å². The molecule has 0 fully saturated rings. The molecule has 3 N–H and O–H groups in total. The number of carbonyl (C=O) groups excluding carboxylic acids is 2. The lowest BCUT2D eigenvalue weighted by molar-refractivity contribution is -0.143. The fourth-order valence-corrected chi connectivity index (χ4v) is 4.39. The second-order valence-electron chi connectivity index (χ2n) is 9.69. The van der Waals surface area contributed by atoms with Crippen molar-refractivity contribution in [1.82, 2.24) is 10.6 Å². The van der Waals surface area contributed by atoms with Crippen LogP contribution in [-0.2, 0) is 19.1 Å². The predicted molar refractivity (Wildman–Crippen MR) is 132 cm³/mol. The number of carboxylic acid groups (broad SMARTS) is 1. The molecule has 35 heavy (non-hydrogen) atoms. The fourth-order valence-electron chi connectivity index (χ4n) is 4.39. The Bertz CT molecular complexity index is 1030. The van der Waals surface area contributed by atoms with E-state index in [0.29, 0.717) is 0 Å². The number of hydrogen-bond donors (Lipinski definition) is 3. The third-order valence-corrected chi connectivity index (χ3v) is 5.93. The van der Waals surface area contributed by atoms with Crippen molar-refractivity contribution in [2.24, 2.45) is 0 Å². The average Bonchev–Trinajstić information content (AvgIpc) is 3.11. The number of alkyl carbamates (subject to hydrolysis) is 1. The van der Waals surface area contributed by atoms with Gasteiger partial charge in [-0.25, -0.2) is 9.59 Å². The number of carboxylic acids is 1. The maximum atomic E-state index is 12.9. The monoisotopic (exact) mass is 482 g/mol. The van der Waals surface area contributed by atoms with Crippen molar-refractivity contribution < 1.29 is 29.0 Å². The minimum Gasteiger partial charge on any atom is -0.480 e. The zero-order chi connectivity index (χ0) is 25.8. The van der Waals surface area contributed by atoms with E-state index in [1.54, 1.807) is 13.8 Å². The minimum atomic E-state index is -1.15. The number of nitrogens with one attached hydrogen (secondary N) is 2. The summed E-state index contributed by atoms with van der Waals surface area (Å²) in [7, 11) is 0. The van der Waals surface area contributed by atoms with Gasteiger partial charge in [-0.1, -0.05) is 55.5 Å². The van der Waals surface area contributed by atoms with Crippen molar-refractivity contribution in [2.75, 3.05) is 6.61 Å². The molecule has 1 aliphatic carbocycles. The van der Waals surface area contributed by atoms with Crippen LogP contribution < -0.4 is 10.6 Å². The second-order valence-corrected chi connectivity index (χ2v) is 9.69. The van der Waals surface area contributed by atoms with Crippen LogP contribution >= 0.6 is 0 Å². The van der Waals surface area contributed by atoms with Gasteiger partial charge in [-0.3, -0.25) is 4.79 Å². The maximum Gasteiger partial charge on any atom is 0.407 e. The van der Waals surface area contributed by atoms with Gasteiger partial charge in [0.25, 0.3) is 0 Å². The molecule has 0 aliphatic heterocycles. The van der Waals surface area contributed by atoms with E-state index >= 15 is 0 Å². The maximum absolute atomic E-state index is 12.9. The molecule has 1 aliphatic rings. The quantitative estimate of drug-likeness (QED) is 0.496. The summed E-state index contributed by atoms with van der Waals surface area (Å²) >= 11 is 0. The summed E-state index contributed by atoms with van der Waals surface area (Å²) < 4.78 is 11.5. The summed E-state index contributed by atoms with van der Waals surface area (Å²) in [5.41, 5.74) is 3.79. The molecule has 3 atom stereocenters. The van der Waals surface area contributed by atoms with E-state index < -0.39 is 41.8 Å². The van der Waals surface area contributed by atoms with Crippen LogP contribution in [0.3, 0.4) is 0 Å². The molecular weight excluding hydrogens is 448 g/mol. The van der Waals surface area contributed by atoms with Crippen LogP contribution in [-0.4, -0.2) is 53.5 Å². The first-order valence-electron chi connectivity index (χ1n) is 11.8. The molecule has 2 amide bonds. The van der Waals surface area contributed by atoms with Gasteiger partial charge in [-0.2, -0.15) is 0 Å². The van der Waals surface area contributed by atoms with Gasteiger partial charge in [0, 0.05) is 5.92 Å². The summed E-state index contributed by atoms with van der Waals surface area (Å²) in [6.45, 7) is 8.89. The van der Waals surface area contributed by atoms with Crippen molar-refractivity contribution in [2.45, 2.75) is 70.7 Å². The van der Waals surface area contributed by atoms with E-state index in [2.05, 4.69) is 10.6 Å². The lowest BCUT2D eigenvalue weighted by Crippen LogP contribution is -2.57. The SMILES string of the molecule is CC[C@@H](NC(=O)[C@@H](NC(=O)OCC1c2ccccc2-c2ccccc21)[C@@H](C)OC(C)(C)C)C(=O)O. The summed E-state index contributed by atoms with van der Waals surface area (Å²) in [4.78, 5) is 37.2. The molecule has 3 rings (SSSR count). The Balaban J connectivity index is 1.73. The number of ether oxygens (including phenoxy) is 2.